The van der Waals surface area contributed by atoms with E-state index < -0.39 is 0 Å². The molecule has 31 nitrogen and oxygen atoms in total. The number of halogens is 6. The molecule has 11 aromatic heterocycles. The maximum absolute atomic E-state index is 12.0. The minimum atomic E-state index is -0.0470. The van der Waals surface area contributed by atoms with E-state index in [-0.39, 0.29) is 17.7 Å². The first-order chi connectivity index (χ1) is 62.6. The van der Waals surface area contributed by atoms with Crippen LogP contribution in [0, 0.1) is 0 Å². The molecule has 3 fully saturated rings. The van der Waals surface area contributed by atoms with Crippen molar-refractivity contribution in [2.24, 2.45) is 0 Å². The molecule has 0 unspecified atom stereocenters. The molecular formula is C92H87Cl6N21O10. The number of rotatable bonds is 22. The van der Waals surface area contributed by atoms with Crippen LogP contribution in [0.4, 0.5) is 29.1 Å². The summed E-state index contributed by atoms with van der Waals surface area (Å²) in [5, 5.41) is 13.7. The molecule has 4 aromatic carbocycles. The van der Waals surface area contributed by atoms with Gasteiger partial charge in [-0.05, 0) is 60.7 Å². The van der Waals surface area contributed by atoms with Crippen molar-refractivity contribution < 1.29 is 47.2 Å². The number of imidazole rings is 3. The van der Waals surface area contributed by atoms with Gasteiger partial charge in [-0.15, -0.1) is 0 Å². The van der Waals surface area contributed by atoms with Crippen LogP contribution in [0.3, 0.4) is 0 Å². The minimum Gasteiger partial charge on any atom is -0.495 e. The number of oxazole rings is 1. The van der Waals surface area contributed by atoms with E-state index in [9.17, 15) is 14.4 Å². The van der Waals surface area contributed by atoms with Gasteiger partial charge in [-0.1, -0.05) is 101 Å². The van der Waals surface area contributed by atoms with Crippen LogP contribution < -0.4 is 54.2 Å². The smallest absolute Gasteiger partial charge is 0.246 e. The number of carbonyl (C=O) groups excluding carboxylic acids is 3. The summed E-state index contributed by atoms with van der Waals surface area (Å²) in [6, 6.07) is 26.9. The molecule has 14 heterocycles. The number of hydrogen-bond donors (Lipinski definition) is 3. The van der Waals surface area contributed by atoms with E-state index in [1.165, 1.54) is 32.4 Å². The van der Waals surface area contributed by atoms with E-state index in [0.29, 0.717) is 203 Å². The van der Waals surface area contributed by atoms with Crippen molar-refractivity contribution >= 4 is 166 Å². The SMILES string of the molecule is C=CC(=O)N1CCN(Cc2coc(-c3cn4c(n3)c(-c3c(Cl)c(OC)cc(OC)c3Cl)cc3cnc(NC)cc34)n2)CC1.C=CC(=O)N1CCN(c2ccc(-c3cn4c(n3)c(-c3c(Cl)c(OC)cc(OC)c3Cl)cc3cnc(NC)cc34)cn2)CC1.C=CC(=O)N1CCN(c2cccc(-c3cn4c(n3)c(-c3c(Cl)c(OC)cc(OC)c3Cl)cc3cnc(NC)nc34)c2)CC1. The average molecular weight is 1860 g/mol. The van der Waals surface area contributed by atoms with Crippen molar-refractivity contribution in [2.45, 2.75) is 6.54 Å². The van der Waals surface area contributed by atoms with E-state index in [2.05, 4.69) is 77.5 Å². The number of hydrogen-bond acceptors (Lipinski definition) is 25. The van der Waals surface area contributed by atoms with Gasteiger partial charge in [0.15, 0.2) is 5.65 Å². The van der Waals surface area contributed by atoms with Gasteiger partial charge in [-0.2, -0.15) is 4.98 Å². The first-order valence-electron chi connectivity index (χ1n) is 40.7. The molecule has 15 aromatic rings. The van der Waals surface area contributed by atoms with Gasteiger partial charge in [-0.3, -0.25) is 32.5 Å². The molecule has 3 aliphatic heterocycles. The molecular weight excluding hydrogens is 1770 g/mol. The summed E-state index contributed by atoms with van der Waals surface area (Å²) in [6.07, 6.45) is 18.6. The van der Waals surface area contributed by atoms with Crippen LogP contribution in [-0.2, 0) is 20.9 Å². The Morgan fingerprint density at radius 3 is 1.28 bits per heavy atom. The van der Waals surface area contributed by atoms with E-state index in [4.69, 9.17) is 132 Å². The minimum absolute atomic E-state index is 0.0414. The molecule has 0 atom stereocenters. The largest absolute Gasteiger partial charge is 0.495 e. The Balaban J connectivity index is 0.000000142. The number of pyridine rings is 6. The number of methoxy groups -OCH3 is 6. The van der Waals surface area contributed by atoms with Crippen molar-refractivity contribution in [3.05, 3.63) is 208 Å². The number of carbonyl (C=O) groups is 3. The van der Waals surface area contributed by atoms with Crippen LogP contribution >= 0.6 is 69.6 Å². The van der Waals surface area contributed by atoms with Gasteiger partial charge in [0.2, 0.25) is 29.6 Å². The first kappa shape index (κ1) is 89.0. The van der Waals surface area contributed by atoms with Crippen molar-refractivity contribution in [1.29, 1.82) is 0 Å². The van der Waals surface area contributed by atoms with Crippen molar-refractivity contribution in [1.82, 2.24) is 77.7 Å². The number of anilines is 5. The summed E-state index contributed by atoms with van der Waals surface area (Å²) >= 11 is 41.1. The third-order valence-electron chi connectivity index (χ3n) is 22.8. The lowest BCUT2D eigenvalue weighted by molar-refractivity contribution is -0.128. The van der Waals surface area contributed by atoms with Gasteiger partial charge in [0.05, 0.1) is 101 Å². The van der Waals surface area contributed by atoms with E-state index in [1.807, 2.05) is 112 Å². The van der Waals surface area contributed by atoms with Gasteiger partial charge in [-0.25, -0.2) is 39.9 Å². The molecule has 129 heavy (non-hydrogen) atoms. The van der Waals surface area contributed by atoms with Crippen LogP contribution in [0.1, 0.15) is 5.69 Å². The first-order valence-corrected chi connectivity index (χ1v) is 43.0. The molecule has 662 valence electrons. The molecule has 0 saturated carbocycles. The normalized spacial score (nSPS) is 13.6. The number of fused-ring (bicyclic) bond motifs is 9. The number of nitrogens with zero attached hydrogens (tertiary/aromatic N) is 18. The average Bonchev–Trinajstić information content (AvgIpc) is 1.65. The molecule has 0 aliphatic carbocycles. The Kier molecular flexibility index (Phi) is 26.4. The van der Waals surface area contributed by atoms with Crippen LogP contribution in [0.25, 0.3) is 117 Å². The number of benzene rings is 4. The summed E-state index contributed by atoms with van der Waals surface area (Å²) in [6.45, 7) is 19.5. The fraction of sp³-hybridized carbons (Fsp3) is 0.239. The third kappa shape index (κ3) is 17.4. The zero-order valence-electron chi connectivity index (χ0n) is 71.6. The van der Waals surface area contributed by atoms with Crippen molar-refractivity contribution in [3.63, 3.8) is 0 Å². The van der Waals surface area contributed by atoms with Gasteiger partial charge in [0.1, 0.15) is 80.8 Å². The Labute approximate surface area is 770 Å². The Morgan fingerprint density at radius 1 is 0.419 bits per heavy atom. The number of ether oxygens (including phenoxy) is 6. The van der Waals surface area contributed by atoms with Crippen LogP contribution in [0.2, 0.25) is 30.1 Å². The second-order valence-electron chi connectivity index (χ2n) is 29.9. The molecule has 3 saturated heterocycles. The van der Waals surface area contributed by atoms with Gasteiger partial charge >= 0.3 is 0 Å². The summed E-state index contributed by atoms with van der Waals surface area (Å²) < 4.78 is 45.0. The Bertz CT molecular complexity index is 6820. The summed E-state index contributed by atoms with van der Waals surface area (Å²) in [5.41, 5.74) is 13.4. The van der Waals surface area contributed by atoms with Gasteiger partial charge in [0, 0.05) is 246 Å². The maximum atomic E-state index is 12.0. The van der Waals surface area contributed by atoms with E-state index in [0.717, 1.165) is 98.9 Å². The van der Waals surface area contributed by atoms with E-state index in [1.54, 1.807) is 88.3 Å². The molecule has 0 spiro atoms. The molecule has 0 radical (unpaired) electrons. The summed E-state index contributed by atoms with van der Waals surface area (Å²) in [7, 11) is 14.6. The predicted molar refractivity (Wildman–Crippen MR) is 508 cm³/mol. The predicted octanol–water partition coefficient (Wildman–Crippen LogP) is 17.0. The molecule has 3 aliphatic rings. The number of amides is 3. The topological polar surface area (TPSA) is 304 Å². The van der Waals surface area contributed by atoms with Crippen LogP contribution in [-0.4, -0.2) is 238 Å². The van der Waals surface area contributed by atoms with Crippen LogP contribution in [0.5, 0.6) is 34.5 Å². The van der Waals surface area contributed by atoms with Crippen molar-refractivity contribution in [3.8, 4) is 102 Å². The van der Waals surface area contributed by atoms with E-state index >= 15 is 0 Å². The molecule has 3 N–H and O–H groups in total. The molecule has 3 amide bonds. The number of aromatic nitrogens is 12. The monoisotopic (exact) mass is 1860 g/mol. The number of nitrogens with one attached hydrogen (secondary N) is 3. The molecule has 0 bridgehead atoms. The lowest BCUT2D eigenvalue weighted by Gasteiger charge is -2.35. The fourth-order valence-electron chi connectivity index (χ4n) is 16.0. The second-order valence-corrected chi connectivity index (χ2v) is 32.2. The zero-order valence-corrected chi connectivity index (χ0v) is 76.2. The lowest BCUT2D eigenvalue weighted by Crippen LogP contribution is -2.48. The highest BCUT2D eigenvalue weighted by Gasteiger charge is 2.31. The van der Waals surface area contributed by atoms with Gasteiger partial charge in [0.25, 0.3) is 0 Å². The lowest BCUT2D eigenvalue weighted by atomic mass is 10.0. The maximum Gasteiger partial charge on any atom is 0.246 e. The highest BCUT2D eigenvalue weighted by molar-refractivity contribution is 6.43. The standard InChI is InChI=1S/2C31H29Cl2N7O3.C30H29Cl2N7O4/c1-5-27(41)39-10-8-38(9-11-39)26-7-6-18(15-36-26)21-17-40-22-13-25(34-2)35-16-19(22)12-20(31(40)37-21)28-29(32)23(42-3)14-24(43-4)30(28)33;1-5-25(41)39-11-9-38(10-12-39)20-8-6-7-18(13-20)22-17-40-29-19(16-35-31(34-2)37-29)14-21(30(40)36-22)26-27(32)23(42-3)15-24(43-4)28(26)33;1-5-25(40)38-8-6-37(7-9-38)14-18-16-43-30(35-18)20-15-39-21-11-24(33-2)34-13-17(21)10-19(29(39)36-20)26-27(31)22(41-3)12-23(42-4)28(26)32/h5-7,12-17H,1,8-11H2,2-4H3,(H,34,35);5-8,13-17H,1,9-12H2,2-4H3,(H,34,35,37);5,10-13,15-16H,1,6-9,14H2,2-4H3,(H,33,34). The number of piperazine rings is 3. The Morgan fingerprint density at radius 2 is 0.837 bits per heavy atom. The highest BCUT2D eigenvalue weighted by atomic mass is 35.5. The quantitative estimate of drug-likeness (QED) is 0.0531. The molecule has 37 heteroatoms. The zero-order chi connectivity index (χ0) is 90.7. The summed E-state index contributed by atoms with van der Waals surface area (Å²) in [5.74, 6) is 5.52. The fourth-order valence-corrected chi connectivity index (χ4v) is 18.1. The van der Waals surface area contributed by atoms with Crippen molar-refractivity contribution in [2.75, 3.05) is 168 Å². The summed E-state index contributed by atoms with van der Waals surface area (Å²) in [4.78, 5) is 90.7. The molecule has 18 rings (SSSR count). The van der Waals surface area contributed by atoms with Gasteiger partial charge < -0.3 is 73.3 Å². The second kappa shape index (κ2) is 38.3. The van der Waals surface area contributed by atoms with Crippen LogP contribution in [0.15, 0.2) is 177 Å². The third-order valence-corrected chi connectivity index (χ3v) is 25.0. The Hall–Kier alpha value is -13.4. The highest BCUT2D eigenvalue weighted by Crippen LogP contribution is 2.52.